The molecule has 0 unspecified atom stereocenters. The predicted octanol–water partition coefficient (Wildman–Crippen LogP) is 2.05. The van der Waals surface area contributed by atoms with Gasteiger partial charge in [-0.15, -0.1) is 0 Å². The summed E-state index contributed by atoms with van der Waals surface area (Å²) in [6.07, 6.45) is 1.11. The number of halogens is 3. The summed E-state index contributed by atoms with van der Waals surface area (Å²) in [5.41, 5.74) is 4.46. The Bertz CT molecular complexity index is 437. The van der Waals surface area contributed by atoms with E-state index in [-0.39, 0.29) is 10.7 Å². The molecule has 0 aromatic heterocycles. The molecule has 3 N–H and O–H groups in total. The molecular formula is C10H9ClF2N2O. The Labute approximate surface area is 95.6 Å². The number of anilines is 1. The van der Waals surface area contributed by atoms with Crippen LogP contribution >= 0.6 is 11.6 Å². The number of hydrogen-bond acceptors (Lipinski definition) is 2. The highest BCUT2D eigenvalue weighted by molar-refractivity contribution is 6.33. The zero-order valence-corrected chi connectivity index (χ0v) is 8.94. The minimum atomic E-state index is -0.926. The molecule has 1 aromatic carbocycles. The molecule has 0 bridgehead atoms. The quantitative estimate of drug-likeness (QED) is 0.839. The first-order valence-electron chi connectivity index (χ1n) is 4.67. The van der Waals surface area contributed by atoms with Crippen molar-refractivity contribution in [1.82, 2.24) is 0 Å². The van der Waals surface area contributed by atoms with Crippen LogP contribution in [0.4, 0.5) is 14.5 Å². The molecule has 2 rings (SSSR count). The van der Waals surface area contributed by atoms with Crippen LogP contribution in [0.2, 0.25) is 5.02 Å². The molecule has 0 saturated heterocycles. The fourth-order valence-corrected chi connectivity index (χ4v) is 1.50. The molecule has 0 aliphatic heterocycles. The molecule has 3 nitrogen and oxygen atoms in total. The lowest BCUT2D eigenvalue weighted by Gasteiger charge is -2.12. The summed E-state index contributed by atoms with van der Waals surface area (Å²) in [5.74, 6) is -2.21. The van der Waals surface area contributed by atoms with Gasteiger partial charge in [0.2, 0.25) is 5.91 Å². The number of benzene rings is 1. The average Bonchev–Trinajstić information content (AvgIpc) is 2.91. The smallest absolute Gasteiger partial charge is 0.244 e. The minimum absolute atomic E-state index is 0.185. The molecule has 0 radical (unpaired) electrons. The van der Waals surface area contributed by atoms with E-state index in [0.717, 1.165) is 6.07 Å². The van der Waals surface area contributed by atoms with Crippen molar-refractivity contribution < 1.29 is 13.6 Å². The average molecular weight is 247 g/mol. The van der Waals surface area contributed by atoms with E-state index in [1.165, 1.54) is 0 Å². The molecule has 86 valence electrons. The summed E-state index contributed by atoms with van der Waals surface area (Å²) in [7, 11) is 0. The van der Waals surface area contributed by atoms with Gasteiger partial charge in [0, 0.05) is 6.07 Å². The topological polar surface area (TPSA) is 55.1 Å². The van der Waals surface area contributed by atoms with Gasteiger partial charge < -0.3 is 11.1 Å². The molecule has 0 heterocycles. The molecule has 1 fully saturated rings. The lowest BCUT2D eigenvalue weighted by atomic mass is 10.2. The highest BCUT2D eigenvalue weighted by atomic mass is 35.5. The zero-order chi connectivity index (χ0) is 11.9. The first-order valence-corrected chi connectivity index (χ1v) is 5.05. The maximum atomic E-state index is 13.3. The third kappa shape index (κ3) is 2.01. The zero-order valence-electron chi connectivity index (χ0n) is 8.19. The van der Waals surface area contributed by atoms with Crippen LogP contribution in [0, 0.1) is 11.6 Å². The Morgan fingerprint density at radius 3 is 2.56 bits per heavy atom. The number of rotatable bonds is 2. The van der Waals surface area contributed by atoms with E-state index in [1.54, 1.807) is 0 Å². The Morgan fingerprint density at radius 2 is 2.06 bits per heavy atom. The minimum Gasteiger partial charge on any atom is -0.321 e. The van der Waals surface area contributed by atoms with Crippen LogP contribution in [0.15, 0.2) is 12.1 Å². The largest absolute Gasteiger partial charge is 0.321 e. The molecule has 0 atom stereocenters. The number of nitrogens with two attached hydrogens (primary N) is 1. The summed E-state index contributed by atoms with van der Waals surface area (Å²) in [6.45, 7) is 0. The summed E-state index contributed by atoms with van der Waals surface area (Å²) in [6, 6.07) is 1.58. The molecule has 1 aromatic rings. The first kappa shape index (κ1) is 11.3. The van der Waals surface area contributed by atoms with Crippen molar-refractivity contribution in [3.63, 3.8) is 0 Å². The van der Waals surface area contributed by atoms with Gasteiger partial charge in [0.15, 0.2) is 5.82 Å². The van der Waals surface area contributed by atoms with Crippen LogP contribution in [0.1, 0.15) is 12.8 Å². The van der Waals surface area contributed by atoms with Gasteiger partial charge in [-0.2, -0.15) is 0 Å². The lowest BCUT2D eigenvalue weighted by Crippen LogP contribution is -2.38. The van der Waals surface area contributed by atoms with Crippen molar-refractivity contribution >= 4 is 23.2 Å². The van der Waals surface area contributed by atoms with E-state index in [9.17, 15) is 13.6 Å². The second-order valence-corrected chi connectivity index (χ2v) is 4.26. The van der Waals surface area contributed by atoms with Crippen LogP contribution in [-0.4, -0.2) is 11.4 Å². The Morgan fingerprint density at radius 1 is 1.44 bits per heavy atom. The molecule has 16 heavy (non-hydrogen) atoms. The number of hydrogen-bond donors (Lipinski definition) is 2. The van der Waals surface area contributed by atoms with Crippen molar-refractivity contribution in [2.45, 2.75) is 18.4 Å². The Kier molecular flexibility index (Phi) is 2.59. The predicted molar refractivity (Wildman–Crippen MR) is 56.2 cm³/mol. The van der Waals surface area contributed by atoms with E-state index < -0.39 is 23.1 Å². The van der Waals surface area contributed by atoms with Crippen LogP contribution < -0.4 is 11.1 Å². The van der Waals surface area contributed by atoms with Crippen LogP contribution in [0.3, 0.4) is 0 Å². The Balaban J connectivity index is 2.24. The van der Waals surface area contributed by atoms with Gasteiger partial charge in [0.05, 0.1) is 16.2 Å². The van der Waals surface area contributed by atoms with E-state index in [4.69, 9.17) is 17.3 Å². The molecule has 1 amide bonds. The van der Waals surface area contributed by atoms with E-state index >= 15 is 0 Å². The van der Waals surface area contributed by atoms with Gasteiger partial charge in [-0.3, -0.25) is 4.79 Å². The number of carbonyl (C=O) groups is 1. The standard InChI is InChI=1S/C10H9ClF2N2O/c11-6-3-5(12)4-7(13)8(6)15-9(16)10(14)1-2-10/h3-4H,1-2,14H2,(H,15,16). The van der Waals surface area contributed by atoms with Crippen molar-refractivity contribution in [3.8, 4) is 0 Å². The number of amides is 1. The van der Waals surface area contributed by atoms with Gasteiger partial charge in [0.1, 0.15) is 5.82 Å². The summed E-state index contributed by atoms with van der Waals surface area (Å²) >= 11 is 5.61. The third-order valence-corrected chi connectivity index (χ3v) is 2.78. The second-order valence-electron chi connectivity index (χ2n) is 3.85. The van der Waals surface area contributed by atoms with Crippen LogP contribution in [-0.2, 0) is 4.79 Å². The van der Waals surface area contributed by atoms with Gasteiger partial charge in [-0.1, -0.05) is 11.6 Å². The summed E-state index contributed by atoms with van der Waals surface area (Å²) < 4.78 is 26.0. The molecule has 1 saturated carbocycles. The monoisotopic (exact) mass is 246 g/mol. The fraction of sp³-hybridized carbons (Fsp3) is 0.300. The maximum absolute atomic E-state index is 13.3. The van der Waals surface area contributed by atoms with Gasteiger partial charge in [0.25, 0.3) is 0 Å². The molecule has 1 aliphatic carbocycles. The first-order chi connectivity index (χ1) is 7.42. The molecule has 0 spiro atoms. The fourth-order valence-electron chi connectivity index (χ4n) is 1.26. The highest BCUT2D eigenvalue weighted by Gasteiger charge is 2.46. The van der Waals surface area contributed by atoms with Crippen molar-refractivity contribution in [2.75, 3.05) is 5.32 Å². The SMILES string of the molecule is NC1(C(=O)Nc2c(F)cc(F)cc2Cl)CC1. The Hall–Kier alpha value is -1.20. The summed E-state index contributed by atoms with van der Waals surface area (Å²) in [5, 5.41) is 2.09. The normalized spacial score (nSPS) is 17.0. The molecule has 1 aliphatic rings. The van der Waals surface area contributed by atoms with Crippen LogP contribution in [0.5, 0.6) is 0 Å². The lowest BCUT2D eigenvalue weighted by molar-refractivity contribution is -0.118. The molecule has 6 heteroatoms. The number of nitrogens with one attached hydrogen (secondary N) is 1. The van der Waals surface area contributed by atoms with Crippen LogP contribution in [0.25, 0.3) is 0 Å². The third-order valence-electron chi connectivity index (χ3n) is 2.49. The highest BCUT2D eigenvalue weighted by Crippen LogP contribution is 2.35. The molecular weight excluding hydrogens is 238 g/mol. The maximum Gasteiger partial charge on any atom is 0.244 e. The van der Waals surface area contributed by atoms with Crippen molar-refractivity contribution in [2.24, 2.45) is 5.73 Å². The second kappa shape index (κ2) is 3.68. The van der Waals surface area contributed by atoms with Crippen molar-refractivity contribution in [1.29, 1.82) is 0 Å². The van der Waals surface area contributed by atoms with Crippen molar-refractivity contribution in [3.05, 3.63) is 28.8 Å². The van der Waals surface area contributed by atoms with E-state index in [0.29, 0.717) is 18.9 Å². The van der Waals surface area contributed by atoms with Gasteiger partial charge in [-0.25, -0.2) is 8.78 Å². The van der Waals surface area contributed by atoms with E-state index in [2.05, 4.69) is 5.32 Å². The van der Waals surface area contributed by atoms with E-state index in [1.807, 2.05) is 0 Å². The summed E-state index contributed by atoms with van der Waals surface area (Å²) in [4.78, 5) is 11.5. The van der Waals surface area contributed by atoms with Gasteiger partial charge in [-0.05, 0) is 18.9 Å². The number of carbonyl (C=O) groups excluding carboxylic acids is 1. The van der Waals surface area contributed by atoms with Gasteiger partial charge >= 0.3 is 0 Å².